The van der Waals surface area contributed by atoms with Gasteiger partial charge in [0.2, 0.25) is 0 Å². The van der Waals surface area contributed by atoms with E-state index in [0.29, 0.717) is 5.92 Å². The maximum Gasteiger partial charge on any atom is 0.196 e. The molecular weight excluding hydrogens is 432 g/mol. The topological polar surface area (TPSA) is 65.3 Å². The first kappa shape index (κ1) is 21.8. The second-order valence-electron chi connectivity index (χ2n) is 10.3. The second-order valence-corrected chi connectivity index (χ2v) is 10.3. The van der Waals surface area contributed by atoms with E-state index in [-0.39, 0.29) is 5.88 Å². The van der Waals surface area contributed by atoms with Crippen molar-refractivity contribution in [3.8, 4) is 17.1 Å². The van der Waals surface area contributed by atoms with Crippen LogP contribution >= 0.6 is 0 Å². The van der Waals surface area contributed by atoms with Crippen molar-refractivity contribution in [1.29, 1.82) is 0 Å². The molecule has 3 N–H and O–H groups in total. The number of aromatic amines is 1. The number of pyridine rings is 1. The van der Waals surface area contributed by atoms with Crippen LogP contribution in [0.3, 0.4) is 0 Å². The molecule has 0 bridgehead atoms. The molecule has 3 heterocycles. The molecule has 178 valence electrons. The van der Waals surface area contributed by atoms with Gasteiger partial charge in [-0.1, -0.05) is 32.0 Å². The van der Waals surface area contributed by atoms with E-state index in [0.717, 1.165) is 50.9 Å². The SMILES string of the molecule is CC(C)C1CCC(c2ccc(Nc3ccc(-c4ccc5c(O)[nH]cc5c4)n4ccnc34)cc2)CC1. The normalized spacial score (nSPS) is 18.5. The molecule has 0 saturated heterocycles. The largest absolute Gasteiger partial charge is 0.494 e. The summed E-state index contributed by atoms with van der Waals surface area (Å²) in [5.41, 5.74) is 6.53. The molecule has 0 radical (unpaired) electrons. The van der Waals surface area contributed by atoms with E-state index in [4.69, 9.17) is 0 Å². The molecule has 0 spiro atoms. The van der Waals surface area contributed by atoms with E-state index in [9.17, 15) is 5.11 Å². The predicted octanol–water partition coefficient (Wildman–Crippen LogP) is 7.86. The van der Waals surface area contributed by atoms with Gasteiger partial charge in [0.15, 0.2) is 11.5 Å². The Morgan fingerprint density at radius 3 is 2.57 bits per heavy atom. The summed E-state index contributed by atoms with van der Waals surface area (Å²) < 4.78 is 2.11. The van der Waals surface area contributed by atoms with Gasteiger partial charge in [-0.15, -0.1) is 0 Å². The molecular formula is C30H32N4O. The number of H-pyrrole nitrogens is 1. The number of hydrogen-bond donors (Lipinski definition) is 3. The Kier molecular flexibility index (Phi) is 5.48. The van der Waals surface area contributed by atoms with E-state index in [1.54, 1.807) is 0 Å². The molecule has 0 unspecified atom stereocenters. The Bertz CT molecular complexity index is 1470. The lowest BCUT2D eigenvalue weighted by atomic mass is 9.75. The van der Waals surface area contributed by atoms with Gasteiger partial charge in [0.1, 0.15) is 0 Å². The fraction of sp³-hybridized carbons (Fsp3) is 0.300. The highest BCUT2D eigenvalue weighted by atomic mass is 16.3. The Balaban J connectivity index is 1.23. The average molecular weight is 465 g/mol. The lowest BCUT2D eigenvalue weighted by Gasteiger charge is -2.31. The molecule has 6 rings (SSSR count). The molecule has 1 aliphatic rings. The monoisotopic (exact) mass is 464 g/mol. The zero-order chi connectivity index (χ0) is 23.9. The molecule has 2 aromatic carbocycles. The van der Waals surface area contributed by atoms with Crippen molar-refractivity contribution in [1.82, 2.24) is 14.4 Å². The summed E-state index contributed by atoms with van der Waals surface area (Å²) in [7, 11) is 0. The van der Waals surface area contributed by atoms with Crippen molar-refractivity contribution in [2.24, 2.45) is 11.8 Å². The van der Waals surface area contributed by atoms with Crippen LogP contribution < -0.4 is 5.32 Å². The van der Waals surface area contributed by atoms with Gasteiger partial charge in [-0.25, -0.2) is 4.98 Å². The zero-order valence-corrected chi connectivity index (χ0v) is 20.3. The third-order valence-electron chi connectivity index (χ3n) is 7.89. The molecule has 1 saturated carbocycles. The van der Waals surface area contributed by atoms with Gasteiger partial charge in [-0.05, 0) is 91.0 Å². The maximum atomic E-state index is 9.93. The van der Waals surface area contributed by atoms with Gasteiger partial charge in [-0.3, -0.25) is 4.40 Å². The minimum Gasteiger partial charge on any atom is -0.494 e. The highest BCUT2D eigenvalue weighted by Crippen LogP contribution is 2.39. The van der Waals surface area contributed by atoms with Crippen LogP contribution in [0, 0.1) is 11.8 Å². The van der Waals surface area contributed by atoms with E-state index in [1.165, 1.54) is 31.2 Å². The van der Waals surface area contributed by atoms with E-state index >= 15 is 0 Å². The van der Waals surface area contributed by atoms with Crippen LogP contribution in [0.15, 0.2) is 73.2 Å². The number of anilines is 2. The molecule has 5 aromatic rings. The van der Waals surface area contributed by atoms with Crippen LogP contribution in [-0.4, -0.2) is 19.5 Å². The molecule has 5 heteroatoms. The van der Waals surface area contributed by atoms with E-state index in [2.05, 4.69) is 76.0 Å². The summed E-state index contributed by atoms with van der Waals surface area (Å²) in [4.78, 5) is 7.52. The number of fused-ring (bicyclic) bond motifs is 2. The molecule has 0 atom stereocenters. The first-order chi connectivity index (χ1) is 17.1. The Labute approximate surface area is 205 Å². The summed E-state index contributed by atoms with van der Waals surface area (Å²) in [6, 6.07) is 19.3. The molecule has 3 aromatic heterocycles. The number of benzene rings is 2. The van der Waals surface area contributed by atoms with Crippen LogP contribution in [0.1, 0.15) is 51.0 Å². The quantitative estimate of drug-likeness (QED) is 0.248. The summed E-state index contributed by atoms with van der Waals surface area (Å²) in [6.07, 6.45) is 11.0. The lowest BCUT2D eigenvalue weighted by molar-refractivity contribution is 0.259. The highest BCUT2D eigenvalue weighted by molar-refractivity contribution is 5.91. The zero-order valence-electron chi connectivity index (χ0n) is 20.3. The fourth-order valence-electron chi connectivity index (χ4n) is 5.74. The number of hydrogen-bond acceptors (Lipinski definition) is 3. The van der Waals surface area contributed by atoms with Gasteiger partial charge >= 0.3 is 0 Å². The number of aromatic hydroxyl groups is 1. The number of aromatic nitrogens is 3. The molecule has 0 amide bonds. The summed E-state index contributed by atoms with van der Waals surface area (Å²) in [5.74, 6) is 2.59. The van der Waals surface area contributed by atoms with Crippen molar-refractivity contribution in [3.63, 3.8) is 0 Å². The molecule has 35 heavy (non-hydrogen) atoms. The molecule has 1 fully saturated rings. The van der Waals surface area contributed by atoms with Gasteiger partial charge in [-0.2, -0.15) is 0 Å². The fourth-order valence-corrected chi connectivity index (χ4v) is 5.74. The average Bonchev–Trinajstić information content (AvgIpc) is 3.52. The highest BCUT2D eigenvalue weighted by Gasteiger charge is 2.24. The number of nitrogens with one attached hydrogen (secondary N) is 2. The van der Waals surface area contributed by atoms with E-state index in [1.807, 2.05) is 30.7 Å². The van der Waals surface area contributed by atoms with Crippen LogP contribution in [0.4, 0.5) is 11.4 Å². The van der Waals surface area contributed by atoms with Crippen molar-refractivity contribution >= 4 is 27.8 Å². The van der Waals surface area contributed by atoms with Crippen molar-refractivity contribution in [3.05, 3.63) is 78.8 Å². The van der Waals surface area contributed by atoms with Crippen molar-refractivity contribution in [2.45, 2.75) is 45.4 Å². The number of imidazole rings is 1. The summed E-state index contributed by atoms with van der Waals surface area (Å²) in [5, 5.41) is 15.3. The molecule has 1 aliphatic carbocycles. The second kappa shape index (κ2) is 8.81. The maximum absolute atomic E-state index is 9.93. The number of nitrogens with zero attached hydrogens (tertiary/aromatic N) is 2. The number of rotatable bonds is 5. The lowest BCUT2D eigenvalue weighted by Crippen LogP contribution is -2.17. The standard InChI is InChI=1S/C30H32N4O/c1-19(2)20-3-5-21(6-4-20)22-7-10-25(11-8-22)33-27-13-14-28(34-16-15-31-29(27)34)23-9-12-26-24(17-23)18-32-30(26)35/h7-21,32-33,35H,3-6H2,1-2H3. The van der Waals surface area contributed by atoms with E-state index < -0.39 is 0 Å². The van der Waals surface area contributed by atoms with Crippen LogP contribution in [0.25, 0.3) is 27.7 Å². The predicted molar refractivity (Wildman–Crippen MR) is 143 cm³/mol. The molecule has 5 nitrogen and oxygen atoms in total. The Morgan fingerprint density at radius 2 is 1.80 bits per heavy atom. The van der Waals surface area contributed by atoms with Crippen LogP contribution in [0.5, 0.6) is 5.88 Å². The third kappa shape index (κ3) is 4.05. The summed E-state index contributed by atoms with van der Waals surface area (Å²) >= 11 is 0. The smallest absolute Gasteiger partial charge is 0.196 e. The van der Waals surface area contributed by atoms with Gasteiger partial charge < -0.3 is 15.4 Å². The van der Waals surface area contributed by atoms with Gasteiger partial charge in [0.25, 0.3) is 0 Å². The third-order valence-corrected chi connectivity index (χ3v) is 7.89. The Hall–Kier alpha value is -3.73. The van der Waals surface area contributed by atoms with Crippen molar-refractivity contribution < 1.29 is 5.11 Å². The first-order valence-corrected chi connectivity index (χ1v) is 12.7. The molecule has 0 aliphatic heterocycles. The van der Waals surface area contributed by atoms with Crippen LogP contribution in [0.2, 0.25) is 0 Å². The van der Waals surface area contributed by atoms with Crippen molar-refractivity contribution in [2.75, 3.05) is 5.32 Å². The van der Waals surface area contributed by atoms with Gasteiger partial charge in [0, 0.05) is 35.1 Å². The first-order valence-electron chi connectivity index (χ1n) is 12.7. The van der Waals surface area contributed by atoms with Crippen LogP contribution in [-0.2, 0) is 0 Å². The minimum absolute atomic E-state index is 0.202. The van der Waals surface area contributed by atoms with Gasteiger partial charge in [0.05, 0.1) is 11.4 Å². The summed E-state index contributed by atoms with van der Waals surface area (Å²) in [6.45, 7) is 4.72. The Morgan fingerprint density at radius 1 is 1.00 bits per heavy atom. The minimum atomic E-state index is 0.202.